The zero-order valence-electron chi connectivity index (χ0n) is 19.5. The van der Waals surface area contributed by atoms with Crippen molar-refractivity contribution < 1.29 is 32.2 Å². The van der Waals surface area contributed by atoms with Crippen LogP contribution in [0.2, 0.25) is 0 Å². The monoisotopic (exact) mass is 482 g/mol. The summed E-state index contributed by atoms with van der Waals surface area (Å²) in [7, 11) is 0. The molecule has 0 saturated carbocycles. The Hall–Kier alpha value is -3.20. The van der Waals surface area contributed by atoms with Gasteiger partial charge in [0, 0.05) is 23.9 Å². The molecule has 0 bridgehead atoms. The first-order chi connectivity index (χ1) is 16.1. The van der Waals surface area contributed by atoms with Crippen LogP contribution >= 0.6 is 0 Å². The molecule has 2 aromatic rings. The molecule has 0 unspecified atom stereocenters. The number of alkyl halides is 3. The number of aromatic nitrogens is 1. The van der Waals surface area contributed by atoms with Gasteiger partial charge in [-0.25, -0.2) is 9.37 Å². The Bertz CT molecular complexity index is 971. The van der Waals surface area contributed by atoms with Gasteiger partial charge in [-0.15, -0.1) is 13.2 Å². The molecule has 1 aromatic carbocycles. The minimum atomic E-state index is -4.72. The average molecular weight is 483 g/mol. The van der Waals surface area contributed by atoms with E-state index in [1.54, 1.807) is 12.3 Å². The van der Waals surface area contributed by atoms with Crippen molar-refractivity contribution in [2.45, 2.75) is 59.4 Å². The highest BCUT2D eigenvalue weighted by Crippen LogP contribution is 2.31. The normalized spacial score (nSPS) is 11.4. The Morgan fingerprint density at radius 3 is 2.26 bits per heavy atom. The Balaban J connectivity index is 0.000000620. The summed E-state index contributed by atoms with van der Waals surface area (Å²) in [5, 5.41) is 12.8. The number of ether oxygens (including phenoxy) is 1. The summed E-state index contributed by atoms with van der Waals surface area (Å²) in [6.45, 7) is 8.59. The molecule has 0 aliphatic carbocycles. The fourth-order valence-corrected chi connectivity index (χ4v) is 3.00. The standard InChI is InChI=1S/C19H21F3N2O2.C6H9FO/c1-3-5-13(4-2)17-14(12-25)10-11-23-18(17)24-15-6-8-16(9-7-15)26-19(20,21)22;1-3-4-6(8)5(2)7/h5-11,25H,3-4,12H2,1-2H3,(H,23,24);2-4H2,1H3/b13-5+;. The second kappa shape index (κ2) is 14.1. The van der Waals surface area contributed by atoms with Crippen LogP contribution in [0.4, 0.5) is 29.1 Å². The van der Waals surface area contributed by atoms with Crippen LogP contribution in [0.15, 0.2) is 55.0 Å². The zero-order valence-corrected chi connectivity index (χ0v) is 19.5. The van der Waals surface area contributed by atoms with E-state index in [4.69, 9.17) is 0 Å². The summed E-state index contributed by atoms with van der Waals surface area (Å²) in [5.41, 5.74) is 3.16. The van der Waals surface area contributed by atoms with Crippen molar-refractivity contribution in [3.05, 3.63) is 66.1 Å². The Morgan fingerprint density at radius 1 is 1.18 bits per heavy atom. The molecule has 1 aromatic heterocycles. The smallest absolute Gasteiger partial charge is 0.406 e. The van der Waals surface area contributed by atoms with Gasteiger partial charge in [0.2, 0.25) is 0 Å². The number of hydrogen-bond acceptors (Lipinski definition) is 5. The van der Waals surface area contributed by atoms with Gasteiger partial charge in [0.1, 0.15) is 11.6 Å². The largest absolute Gasteiger partial charge is 0.573 e. The van der Waals surface area contributed by atoms with Gasteiger partial charge in [0.15, 0.2) is 11.6 Å². The maximum Gasteiger partial charge on any atom is 0.573 e. The van der Waals surface area contributed by atoms with Gasteiger partial charge >= 0.3 is 6.36 Å². The van der Waals surface area contributed by atoms with E-state index in [1.807, 2.05) is 20.8 Å². The lowest BCUT2D eigenvalue weighted by Gasteiger charge is -2.17. The summed E-state index contributed by atoms with van der Waals surface area (Å²) in [4.78, 5) is 14.6. The number of allylic oxidation sites excluding steroid dienone is 3. The van der Waals surface area contributed by atoms with Crippen molar-refractivity contribution in [2.75, 3.05) is 5.32 Å². The third-order valence-electron chi connectivity index (χ3n) is 4.49. The molecule has 0 aliphatic heterocycles. The minimum Gasteiger partial charge on any atom is -0.406 e. The van der Waals surface area contributed by atoms with Gasteiger partial charge in [-0.05, 0) is 60.7 Å². The van der Waals surface area contributed by atoms with Gasteiger partial charge in [-0.3, -0.25) is 4.79 Å². The van der Waals surface area contributed by atoms with E-state index in [2.05, 4.69) is 27.7 Å². The number of pyridine rings is 1. The summed E-state index contributed by atoms with van der Waals surface area (Å²) in [6, 6.07) is 7.17. The highest BCUT2D eigenvalue weighted by atomic mass is 19.4. The van der Waals surface area contributed by atoms with Crippen molar-refractivity contribution in [1.82, 2.24) is 4.98 Å². The van der Waals surface area contributed by atoms with Crippen LogP contribution < -0.4 is 10.1 Å². The maximum absolute atomic E-state index is 12.2. The minimum absolute atomic E-state index is 0.133. The summed E-state index contributed by atoms with van der Waals surface area (Å²) >= 11 is 0. The molecule has 2 rings (SSSR count). The van der Waals surface area contributed by atoms with Crippen LogP contribution in [0.3, 0.4) is 0 Å². The van der Waals surface area contributed by atoms with Gasteiger partial charge in [-0.2, -0.15) is 0 Å². The maximum atomic E-state index is 12.2. The molecule has 9 heteroatoms. The van der Waals surface area contributed by atoms with Crippen molar-refractivity contribution in [3.8, 4) is 5.75 Å². The van der Waals surface area contributed by atoms with Crippen LogP contribution in [-0.4, -0.2) is 22.2 Å². The first-order valence-electron chi connectivity index (χ1n) is 10.8. The summed E-state index contributed by atoms with van der Waals surface area (Å²) < 4.78 is 52.4. The predicted octanol–water partition coefficient (Wildman–Crippen LogP) is 7.26. The molecule has 0 spiro atoms. The third kappa shape index (κ3) is 9.74. The molecule has 186 valence electrons. The Morgan fingerprint density at radius 2 is 1.82 bits per heavy atom. The van der Waals surface area contributed by atoms with E-state index in [0.29, 0.717) is 17.9 Å². The van der Waals surface area contributed by atoms with Crippen molar-refractivity contribution in [1.29, 1.82) is 0 Å². The Kier molecular flexibility index (Phi) is 12.0. The fourth-order valence-electron chi connectivity index (χ4n) is 3.00. The SMILES string of the molecule is C=C(F)C(=O)CCC.CC/C=C(\CC)c1c(CO)ccnc1Nc1ccc(OC(F)(F)F)cc1. The molecule has 0 fully saturated rings. The van der Waals surface area contributed by atoms with Crippen molar-refractivity contribution in [2.24, 2.45) is 0 Å². The number of carbonyl (C=O) groups excluding carboxylic acids is 1. The van der Waals surface area contributed by atoms with Crippen LogP contribution in [0, 0.1) is 0 Å². The van der Waals surface area contributed by atoms with Crippen LogP contribution in [0.1, 0.15) is 57.6 Å². The van der Waals surface area contributed by atoms with Crippen LogP contribution in [-0.2, 0) is 11.4 Å². The number of halogens is 4. The second-order valence-electron chi connectivity index (χ2n) is 7.12. The molecular formula is C25H30F4N2O3. The number of Topliss-reactive ketones (excluding diaryl/α,β-unsaturated/α-hetero) is 1. The molecule has 0 amide bonds. The van der Waals surface area contributed by atoms with Gasteiger partial charge in [-0.1, -0.05) is 33.4 Å². The third-order valence-corrected chi connectivity index (χ3v) is 4.49. The van der Waals surface area contributed by atoms with Crippen molar-refractivity contribution in [3.63, 3.8) is 0 Å². The summed E-state index contributed by atoms with van der Waals surface area (Å²) in [6.07, 6.45) is 1.49. The van der Waals surface area contributed by atoms with Crippen molar-refractivity contribution >= 4 is 22.9 Å². The first kappa shape index (κ1) is 28.8. The number of benzene rings is 1. The zero-order chi connectivity index (χ0) is 25.7. The van der Waals surface area contributed by atoms with E-state index in [1.165, 1.54) is 24.3 Å². The number of nitrogens with one attached hydrogen (secondary N) is 1. The van der Waals surface area contributed by atoms with Gasteiger partial charge in [0.25, 0.3) is 0 Å². The quantitative estimate of drug-likeness (QED) is 0.275. The molecular weight excluding hydrogens is 452 g/mol. The number of nitrogens with zero attached hydrogens (tertiary/aromatic N) is 1. The Labute approximate surface area is 197 Å². The predicted molar refractivity (Wildman–Crippen MR) is 125 cm³/mol. The molecule has 2 N–H and O–H groups in total. The number of aliphatic hydroxyl groups excluding tert-OH is 1. The lowest BCUT2D eigenvalue weighted by atomic mass is 9.98. The molecule has 0 atom stereocenters. The number of carbonyl (C=O) groups is 1. The molecule has 1 heterocycles. The van der Waals surface area contributed by atoms with Crippen LogP contribution in [0.25, 0.3) is 5.57 Å². The van der Waals surface area contributed by atoms with Gasteiger partial charge < -0.3 is 15.2 Å². The summed E-state index contributed by atoms with van der Waals surface area (Å²) in [5.74, 6) is -1.05. The van der Waals surface area contributed by atoms with E-state index in [9.17, 15) is 27.5 Å². The number of aliphatic hydroxyl groups is 1. The molecule has 0 aliphatic rings. The highest BCUT2D eigenvalue weighted by Gasteiger charge is 2.31. The molecule has 0 saturated heterocycles. The molecule has 34 heavy (non-hydrogen) atoms. The topological polar surface area (TPSA) is 71.5 Å². The number of ketones is 1. The van der Waals surface area contributed by atoms with E-state index < -0.39 is 18.0 Å². The van der Waals surface area contributed by atoms with Gasteiger partial charge in [0.05, 0.1) is 6.61 Å². The fraction of sp³-hybridized carbons (Fsp3) is 0.360. The lowest BCUT2D eigenvalue weighted by Crippen LogP contribution is -2.17. The number of rotatable bonds is 10. The molecule has 0 radical (unpaired) electrons. The first-order valence-corrected chi connectivity index (χ1v) is 10.8. The van der Waals surface area contributed by atoms with Crippen LogP contribution in [0.5, 0.6) is 5.75 Å². The van der Waals surface area contributed by atoms with E-state index in [0.717, 1.165) is 29.5 Å². The lowest BCUT2D eigenvalue weighted by molar-refractivity contribution is -0.274. The second-order valence-corrected chi connectivity index (χ2v) is 7.12. The van der Waals surface area contributed by atoms with E-state index >= 15 is 0 Å². The average Bonchev–Trinajstić information content (AvgIpc) is 2.78. The highest BCUT2D eigenvalue weighted by molar-refractivity contribution is 5.92. The number of anilines is 2. The number of hydrogen-bond donors (Lipinski definition) is 2. The van der Waals surface area contributed by atoms with E-state index in [-0.39, 0.29) is 18.8 Å². The molecule has 5 nitrogen and oxygen atoms in total.